The molecule has 26 heavy (non-hydrogen) atoms. The van der Waals surface area contributed by atoms with Crippen molar-refractivity contribution in [2.24, 2.45) is 0 Å². The van der Waals surface area contributed by atoms with Crippen LogP contribution in [-0.2, 0) is 6.54 Å². The largest absolute Gasteiger partial charge is 0.494 e. The molecule has 0 radical (unpaired) electrons. The Morgan fingerprint density at radius 3 is 2.77 bits per heavy atom. The minimum atomic E-state index is -0.293. The maximum atomic E-state index is 12.5. The van der Waals surface area contributed by atoms with Crippen molar-refractivity contribution < 1.29 is 14.2 Å². The zero-order valence-electron chi connectivity index (χ0n) is 13.9. The molecule has 0 aliphatic carbocycles. The average molecular weight is 349 g/mol. The predicted octanol–water partition coefficient (Wildman–Crippen LogP) is 2.73. The van der Waals surface area contributed by atoms with Gasteiger partial charge < -0.3 is 10.1 Å². The Bertz CT molecular complexity index is 1060. The van der Waals surface area contributed by atoms with Crippen molar-refractivity contribution >= 4 is 22.6 Å². The summed E-state index contributed by atoms with van der Waals surface area (Å²) in [6, 6.07) is 13.3. The summed E-state index contributed by atoms with van der Waals surface area (Å²) in [5.74, 6) is 0.230. The molecule has 0 aliphatic heterocycles. The Morgan fingerprint density at radius 1 is 1.15 bits per heavy atom. The van der Waals surface area contributed by atoms with E-state index >= 15 is 0 Å². The zero-order valence-corrected chi connectivity index (χ0v) is 13.9. The molecule has 1 N–H and O–H groups in total. The van der Waals surface area contributed by atoms with E-state index in [4.69, 9.17) is 9.37 Å². The van der Waals surface area contributed by atoms with Gasteiger partial charge >= 0.3 is 0 Å². The van der Waals surface area contributed by atoms with Crippen LogP contribution in [0.3, 0.4) is 0 Å². The van der Waals surface area contributed by atoms with Crippen LogP contribution in [0, 0.1) is 0 Å². The van der Waals surface area contributed by atoms with Crippen LogP contribution in [0.15, 0.2) is 59.5 Å². The molecule has 2 heterocycles. The second-order valence-electron chi connectivity index (χ2n) is 5.64. The van der Waals surface area contributed by atoms with Crippen LogP contribution in [-0.4, -0.2) is 33.1 Å². The number of rotatable bonds is 5. The van der Waals surface area contributed by atoms with Gasteiger partial charge in [0.05, 0.1) is 31.1 Å². The van der Waals surface area contributed by atoms with Crippen molar-refractivity contribution in [2.45, 2.75) is 6.54 Å². The van der Waals surface area contributed by atoms with Gasteiger partial charge in [-0.3, -0.25) is 9.48 Å². The van der Waals surface area contributed by atoms with Gasteiger partial charge in [0, 0.05) is 6.20 Å². The van der Waals surface area contributed by atoms with Crippen molar-refractivity contribution in [3.63, 3.8) is 0 Å². The molecule has 8 nitrogen and oxygen atoms in total. The lowest BCUT2D eigenvalue weighted by Crippen LogP contribution is -2.11. The number of anilines is 1. The minimum absolute atomic E-state index is 0.293. The van der Waals surface area contributed by atoms with Gasteiger partial charge in [-0.05, 0) is 28.0 Å². The first-order chi connectivity index (χ1) is 12.7. The predicted molar refractivity (Wildman–Crippen MR) is 94.1 cm³/mol. The molecule has 0 aliphatic rings. The van der Waals surface area contributed by atoms with Crippen molar-refractivity contribution in [3.05, 3.63) is 66.0 Å². The number of nitrogens with one attached hydrogen (secondary N) is 1. The summed E-state index contributed by atoms with van der Waals surface area (Å²) in [4.78, 5) is 12.5. The molecular weight excluding hydrogens is 334 g/mol. The van der Waals surface area contributed by atoms with Crippen LogP contribution >= 0.6 is 0 Å². The Hall–Kier alpha value is -3.68. The van der Waals surface area contributed by atoms with Crippen molar-refractivity contribution in [1.29, 1.82) is 0 Å². The van der Waals surface area contributed by atoms with Gasteiger partial charge in [-0.15, -0.1) is 0 Å². The van der Waals surface area contributed by atoms with Crippen LogP contribution < -0.4 is 10.1 Å². The monoisotopic (exact) mass is 349 g/mol. The van der Waals surface area contributed by atoms with Gasteiger partial charge in [0.2, 0.25) is 0 Å². The molecule has 2 aromatic carbocycles. The number of hydrogen-bond donors (Lipinski definition) is 1. The fourth-order valence-corrected chi connectivity index (χ4v) is 2.64. The first-order valence-corrected chi connectivity index (χ1v) is 7.91. The van der Waals surface area contributed by atoms with Gasteiger partial charge in [0.25, 0.3) is 5.91 Å². The molecule has 0 unspecified atom stereocenters. The summed E-state index contributed by atoms with van der Waals surface area (Å²) in [6.07, 6.45) is 3.23. The summed E-state index contributed by atoms with van der Waals surface area (Å²) in [6.45, 7) is 0.591. The van der Waals surface area contributed by atoms with E-state index in [1.807, 2.05) is 30.3 Å². The highest BCUT2D eigenvalue weighted by Crippen LogP contribution is 2.28. The third-order valence-electron chi connectivity index (χ3n) is 3.93. The smallest absolute Gasteiger partial charge is 0.258 e. The van der Waals surface area contributed by atoms with E-state index in [1.54, 1.807) is 23.0 Å². The van der Waals surface area contributed by atoms with E-state index in [1.165, 1.54) is 13.3 Å². The van der Waals surface area contributed by atoms with Crippen molar-refractivity contribution in [2.75, 3.05) is 12.4 Å². The van der Waals surface area contributed by atoms with Crippen LogP contribution in [0.4, 0.5) is 5.69 Å². The number of aromatic nitrogens is 4. The summed E-state index contributed by atoms with van der Waals surface area (Å²) < 4.78 is 11.7. The lowest BCUT2D eigenvalue weighted by atomic mass is 10.2. The van der Waals surface area contributed by atoms with Crippen molar-refractivity contribution in [3.8, 4) is 5.75 Å². The van der Waals surface area contributed by atoms with Gasteiger partial charge in [-0.1, -0.05) is 30.3 Å². The third-order valence-corrected chi connectivity index (χ3v) is 3.93. The summed E-state index contributed by atoms with van der Waals surface area (Å²) in [7, 11) is 1.53. The van der Waals surface area contributed by atoms with Crippen LogP contribution in [0.1, 0.15) is 15.9 Å². The quantitative estimate of drug-likeness (QED) is 0.595. The highest BCUT2D eigenvalue weighted by atomic mass is 16.6. The van der Waals surface area contributed by atoms with E-state index in [-0.39, 0.29) is 5.91 Å². The van der Waals surface area contributed by atoms with Gasteiger partial charge in [-0.2, -0.15) is 5.10 Å². The lowest BCUT2D eigenvalue weighted by molar-refractivity contribution is 0.102. The molecule has 4 aromatic rings. The fraction of sp³-hybridized carbons (Fsp3) is 0.111. The number of methoxy groups -OCH3 is 1. The van der Waals surface area contributed by atoms with Crippen LogP contribution in [0.25, 0.3) is 11.0 Å². The summed E-state index contributed by atoms with van der Waals surface area (Å²) >= 11 is 0. The zero-order chi connectivity index (χ0) is 17.9. The van der Waals surface area contributed by atoms with E-state index < -0.39 is 0 Å². The number of carbonyl (C=O) groups is 1. The maximum Gasteiger partial charge on any atom is 0.258 e. The molecule has 8 heteroatoms. The highest BCUT2D eigenvalue weighted by Gasteiger charge is 2.16. The number of carbonyl (C=O) groups excluding carboxylic acids is 1. The fourth-order valence-electron chi connectivity index (χ4n) is 2.64. The first-order valence-electron chi connectivity index (χ1n) is 7.91. The Kier molecular flexibility index (Phi) is 4.06. The molecule has 0 spiro atoms. The lowest BCUT2D eigenvalue weighted by Gasteiger charge is -2.05. The van der Waals surface area contributed by atoms with Gasteiger partial charge in [0.15, 0.2) is 16.8 Å². The average Bonchev–Trinajstić information content (AvgIpc) is 3.33. The molecule has 0 bridgehead atoms. The van der Waals surface area contributed by atoms with E-state index in [0.29, 0.717) is 34.6 Å². The normalized spacial score (nSPS) is 10.8. The maximum absolute atomic E-state index is 12.5. The van der Waals surface area contributed by atoms with Crippen molar-refractivity contribution in [1.82, 2.24) is 20.1 Å². The topological polar surface area (TPSA) is 95.1 Å². The Morgan fingerprint density at radius 2 is 1.96 bits per heavy atom. The highest BCUT2D eigenvalue weighted by molar-refractivity contribution is 6.08. The molecule has 130 valence electrons. The first kappa shape index (κ1) is 15.8. The number of nitrogens with zero attached hydrogens (tertiary/aromatic N) is 4. The number of hydrogen-bond acceptors (Lipinski definition) is 6. The van der Waals surface area contributed by atoms with Crippen LogP contribution in [0.2, 0.25) is 0 Å². The second-order valence-corrected chi connectivity index (χ2v) is 5.64. The van der Waals surface area contributed by atoms with Gasteiger partial charge in [-0.25, -0.2) is 4.63 Å². The Balaban J connectivity index is 1.53. The van der Waals surface area contributed by atoms with Crippen LogP contribution in [0.5, 0.6) is 5.75 Å². The van der Waals surface area contributed by atoms with E-state index in [2.05, 4.69) is 20.7 Å². The third kappa shape index (κ3) is 3.00. The number of amides is 1. The minimum Gasteiger partial charge on any atom is -0.494 e. The number of benzene rings is 2. The molecule has 0 saturated carbocycles. The molecular formula is C18H15N5O3. The standard InChI is InChI=1S/C18H15N5O3/c1-25-15-8-7-14(16-17(15)22-26-21-16)20-18(24)13-9-19-23(11-13)10-12-5-3-2-4-6-12/h2-9,11H,10H2,1H3,(H,20,24). The molecule has 0 fully saturated rings. The SMILES string of the molecule is COc1ccc(NC(=O)c2cnn(Cc3ccccc3)c2)c2nonc12. The van der Waals surface area contributed by atoms with E-state index in [0.717, 1.165) is 5.56 Å². The molecule has 1 amide bonds. The second kappa shape index (κ2) is 6.67. The molecule has 4 rings (SSSR count). The summed E-state index contributed by atoms with van der Waals surface area (Å²) in [5.41, 5.74) is 2.91. The number of ether oxygens (including phenoxy) is 1. The Labute approximate surface area is 148 Å². The van der Waals surface area contributed by atoms with E-state index in [9.17, 15) is 4.79 Å². The summed E-state index contributed by atoms with van der Waals surface area (Å²) in [5, 5.41) is 14.7. The molecule has 2 aromatic heterocycles. The van der Waals surface area contributed by atoms with Gasteiger partial charge in [0.1, 0.15) is 0 Å². The number of fused-ring (bicyclic) bond motifs is 1. The molecule has 0 saturated heterocycles. The molecule has 0 atom stereocenters.